The van der Waals surface area contributed by atoms with E-state index in [4.69, 9.17) is 9.47 Å². The highest BCUT2D eigenvalue weighted by Crippen LogP contribution is 2.32. The lowest BCUT2D eigenvalue weighted by atomic mass is 9.94. The van der Waals surface area contributed by atoms with Gasteiger partial charge in [0, 0.05) is 25.8 Å². The van der Waals surface area contributed by atoms with Crippen LogP contribution in [0.3, 0.4) is 0 Å². The summed E-state index contributed by atoms with van der Waals surface area (Å²) in [7, 11) is 1.76. The van der Waals surface area contributed by atoms with Crippen LogP contribution in [0.15, 0.2) is 18.2 Å². The average Bonchev–Trinajstić information content (AvgIpc) is 2.75. The van der Waals surface area contributed by atoms with E-state index in [2.05, 4.69) is 16.0 Å². The molecule has 1 aromatic carbocycles. The molecule has 2 aliphatic heterocycles. The number of benzene rings is 1. The minimum Gasteiger partial charge on any atom is -0.490 e. The van der Waals surface area contributed by atoms with E-state index < -0.39 is 0 Å². The van der Waals surface area contributed by atoms with Crippen molar-refractivity contribution in [2.75, 3.05) is 32.1 Å². The average molecular weight is 433 g/mol. The molecule has 9 heteroatoms. The summed E-state index contributed by atoms with van der Waals surface area (Å²) in [6, 6.07) is 4.54. The third-order valence-electron chi connectivity index (χ3n) is 5.59. The maximum absolute atomic E-state index is 13.2. The number of hydrogen-bond donors (Lipinski definition) is 3. The van der Waals surface area contributed by atoms with Crippen LogP contribution in [0.2, 0.25) is 0 Å². The van der Waals surface area contributed by atoms with Gasteiger partial charge in [-0.1, -0.05) is 6.92 Å². The quantitative estimate of drug-likeness (QED) is 0.638. The second-order valence-corrected chi connectivity index (χ2v) is 7.92. The summed E-state index contributed by atoms with van der Waals surface area (Å²) in [6.07, 6.45) is 2.13. The van der Waals surface area contributed by atoms with Gasteiger partial charge in [-0.2, -0.15) is 0 Å². The van der Waals surface area contributed by atoms with Crippen LogP contribution in [0.4, 0.5) is 10.5 Å². The van der Waals surface area contributed by atoms with E-state index in [0.717, 1.165) is 12.8 Å². The molecule has 3 rings (SSSR count). The van der Waals surface area contributed by atoms with E-state index >= 15 is 0 Å². The third kappa shape index (κ3) is 5.66. The van der Waals surface area contributed by atoms with Crippen molar-refractivity contribution < 1.29 is 23.9 Å². The number of rotatable bonds is 6. The molecular formula is C22H32N4O5. The van der Waals surface area contributed by atoms with Crippen molar-refractivity contribution in [3.63, 3.8) is 0 Å². The number of anilines is 1. The Morgan fingerprint density at radius 2 is 2.00 bits per heavy atom. The van der Waals surface area contributed by atoms with Gasteiger partial charge in [-0.25, -0.2) is 4.79 Å². The summed E-state index contributed by atoms with van der Waals surface area (Å²) in [4.78, 5) is 38.7. The summed E-state index contributed by atoms with van der Waals surface area (Å²) >= 11 is 0. The first-order valence-electron chi connectivity index (χ1n) is 10.9. The molecular weight excluding hydrogens is 400 g/mol. The van der Waals surface area contributed by atoms with Crippen LogP contribution in [0.1, 0.15) is 49.9 Å². The number of hydrogen-bond acceptors (Lipinski definition) is 5. The van der Waals surface area contributed by atoms with Gasteiger partial charge in [-0.3, -0.25) is 9.59 Å². The van der Waals surface area contributed by atoms with Gasteiger partial charge in [0.25, 0.3) is 5.91 Å². The molecule has 0 spiro atoms. The van der Waals surface area contributed by atoms with Gasteiger partial charge in [0.1, 0.15) is 18.5 Å². The molecule has 0 saturated carbocycles. The Labute approximate surface area is 182 Å². The minimum atomic E-state index is -0.329. The molecule has 2 heterocycles. The number of nitrogens with zero attached hydrogens (tertiary/aromatic N) is 1. The van der Waals surface area contributed by atoms with E-state index in [-0.39, 0.29) is 42.7 Å². The fourth-order valence-corrected chi connectivity index (χ4v) is 3.98. The maximum Gasteiger partial charge on any atom is 0.319 e. The molecule has 9 nitrogen and oxygen atoms in total. The highest BCUT2D eigenvalue weighted by Gasteiger charge is 2.39. The van der Waals surface area contributed by atoms with Gasteiger partial charge in [0.2, 0.25) is 5.91 Å². The fraction of sp³-hybridized carbons (Fsp3) is 0.591. The first kappa shape index (κ1) is 22.9. The Hall–Kier alpha value is -2.81. The Kier molecular flexibility index (Phi) is 7.73. The minimum absolute atomic E-state index is 0.0148. The normalized spacial score (nSPS) is 22.9. The zero-order valence-corrected chi connectivity index (χ0v) is 18.4. The predicted octanol–water partition coefficient (Wildman–Crippen LogP) is 2.12. The SMILES string of the molecule is CCCNC(=O)C[C@@H]1CC[C@H]2[C@@H](COc3ccc(NC(=O)NCC)cc3C(=O)N2C)O1. The lowest BCUT2D eigenvalue weighted by Crippen LogP contribution is -2.54. The van der Waals surface area contributed by atoms with Crippen LogP contribution in [0.25, 0.3) is 0 Å². The van der Waals surface area contributed by atoms with Gasteiger partial charge in [0.15, 0.2) is 0 Å². The Balaban J connectivity index is 1.71. The zero-order valence-electron chi connectivity index (χ0n) is 18.4. The van der Waals surface area contributed by atoms with E-state index in [9.17, 15) is 14.4 Å². The van der Waals surface area contributed by atoms with Crippen LogP contribution < -0.4 is 20.7 Å². The molecule has 0 unspecified atom stereocenters. The standard InChI is InChI=1S/C22H32N4O5/c1-4-10-24-20(27)12-15-7-8-17-19(31-15)13-30-18-9-6-14(25-22(29)23-5-2)11-16(18)21(28)26(17)3/h6,9,11,15,17,19H,4-5,7-8,10,12-13H2,1-3H3,(H,24,27)(H2,23,25,29)/t15-,17-,19+/m0/s1. The molecule has 0 aliphatic carbocycles. The van der Waals surface area contributed by atoms with Crippen LogP contribution in [-0.4, -0.2) is 67.7 Å². The Morgan fingerprint density at radius 3 is 2.74 bits per heavy atom. The van der Waals surface area contributed by atoms with Gasteiger partial charge >= 0.3 is 6.03 Å². The summed E-state index contributed by atoms with van der Waals surface area (Å²) in [5.74, 6) is 0.245. The molecule has 1 saturated heterocycles. The van der Waals surface area contributed by atoms with Crippen molar-refractivity contribution in [1.82, 2.24) is 15.5 Å². The number of carbonyl (C=O) groups is 3. The van der Waals surface area contributed by atoms with Crippen molar-refractivity contribution in [2.24, 2.45) is 0 Å². The zero-order chi connectivity index (χ0) is 22.4. The molecule has 0 aromatic heterocycles. The summed E-state index contributed by atoms with van der Waals surface area (Å²) in [5.41, 5.74) is 0.918. The highest BCUT2D eigenvalue weighted by atomic mass is 16.5. The second-order valence-electron chi connectivity index (χ2n) is 7.92. The number of nitrogens with one attached hydrogen (secondary N) is 3. The van der Waals surface area contributed by atoms with Crippen molar-refractivity contribution in [1.29, 1.82) is 0 Å². The van der Waals surface area contributed by atoms with Crippen molar-refractivity contribution in [2.45, 2.75) is 57.8 Å². The molecule has 2 aliphatic rings. The smallest absolute Gasteiger partial charge is 0.319 e. The molecule has 0 bridgehead atoms. The molecule has 31 heavy (non-hydrogen) atoms. The summed E-state index contributed by atoms with van der Waals surface area (Å²) in [6.45, 7) is 5.29. The van der Waals surface area contributed by atoms with Crippen LogP contribution in [-0.2, 0) is 9.53 Å². The Bertz CT molecular complexity index is 815. The first-order chi connectivity index (χ1) is 14.9. The lowest BCUT2D eigenvalue weighted by molar-refractivity contribution is -0.134. The number of amides is 4. The van der Waals surface area contributed by atoms with Crippen LogP contribution in [0.5, 0.6) is 5.75 Å². The van der Waals surface area contributed by atoms with E-state index in [1.165, 1.54) is 0 Å². The molecule has 170 valence electrons. The predicted molar refractivity (Wildman–Crippen MR) is 116 cm³/mol. The molecule has 3 atom stereocenters. The molecule has 1 aromatic rings. The first-order valence-corrected chi connectivity index (χ1v) is 10.9. The molecule has 0 radical (unpaired) electrons. The monoisotopic (exact) mass is 432 g/mol. The van der Waals surface area contributed by atoms with Gasteiger partial charge in [0.05, 0.1) is 24.1 Å². The highest BCUT2D eigenvalue weighted by molar-refractivity contribution is 5.99. The van der Waals surface area contributed by atoms with E-state index in [0.29, 0.717) is 42.9 Å². The van der Waals surface area contributed by atoms with Crippen molar-refractivity contribution >= 4 is 23.5 Å². The molecule has 3 N–H and O–H groups in total. The van der Waals surface area contributed by atoms with Gasteiger partial charge in [-0.05, 0) is 44.4 Å². The maximum atomic E-state index is 13.2. The molecule has 4 amide bonds. The largest absolute Gasteiger partial charge is 0.490 e. The van der Waals surface area contributed by atoms with E-state index in [1.807, 2.05) is 13.8 Å². The van der Waals surface area contributed by atoms with E-state index in [1.54, 1.807) is 30.1 Å². The Morgan fingerprint density at radius 1 is 1.19 bits per heavy atom. The van der Waals surface area contributed by atoms with Crippen LogP contribution >= 0.6 is 0 Å². The number of urea groups is 1. The van der Waals surface area contributed by atoms with Crippen molar-refractivity contribution in [3.8, 4) is 5.75 Å². The number of fused-ring (bicyclic) bond motifs is 2. The van der Waals surface area contributed by atoms with Gasteiger partial charge in [-0.15, -0.1) is 0 Å². The lowest BCUT2D eigenvalue weighted by Gasteiger charge is -2.42. The summed E-state index contributed by atoms with van der Waals surface area (Å²) < 4.78 is 12.1. The van der Waals surface area contributed by atoms with Crippen molar-refractivity contribution in [3.05, 3.63) is 23.8 Å². The topological polar surface area (TPSA) is 109 Å². The third-order valence-corrected chi connectivity index (χ3v) is 5.59. The molecule has 1 fully saturated rings. The number of likely N-dealkylation sites (N-methyl/N-ethyl adjacent to an activating group) is 1. The fourth-order valence-electron chi connectivity index (χ4n) is 3.98. The number of carbonyl (C=O) groups excluding carboxylic acids is 3. The van der Waals surface area contributed by atoms with Crippen LogP contribution in [0, 0.1) is 0 Å². The van der Waals surface area contributed by atoms with Gasteiger partial charge < -0.3 is 30.3 Å². The second kappa shape index (κ2) is 10.5. The summed E-state index contributed by atoms with van der Waals surface area (Å²) in [5, 5.41) is 8.26. The number of ether oxygens (including phenoxy) is 2.